The van der Waals surface area contributed by atoms with Gasteiger partial charge in [-0.3, -0.25) is 19.2 Å². The first kappa shape index (κ1) is 35.8. The number of carbonyl (C=O) groups excluding carboxylic acids is 2. The summed E-state index contributed by atoms with van der Waals surface area (Å²) in [6, 6.07) is 4.10. The zero-order valence-electron chi connectivity index (χ0n) is 28.7. The highest BCUT2D eigenvalue weighted by Gasteiger charge is 2.47. The molecule has 12 nitrogen and oxygen atoms in total. The number of nitrogens with zero attached hydrogens (tertiary/aromatic N) is 5. The number of aromatic nitrogens is 3. The number of amides is 2. The van der Waals surface area contributed by atoms with E-state index in [0.29, 0.717) is 42.1 Å². The van der Waals surface area contributed by atoms with Crippen LogP contribution in [0.3, 0.4) is 0 Å². The highest BCUT2D eigenvalue weighted by atomic mass is 35.5. The number of hydrogen-bond donors (Lipinski definition) is 2. The maximum atomic E-state index is 14.5. The number of hydrogen-bond acceptors (Lipinski definition) is 8. The van der Waals surface area contributed by atoms with Crippen molar-refractivity contribution in [2.45, 2.75) is 57.9 Å². The maximum Gasteiger partial charge on any atom is 0.416 e. The van der Waals surface area contributed by atoms with Gasteiger partial charge >= 0.3 is 6.18 Å². The molecule has 3 heterocycles. The van der Waals surface area contributed by atoms with Crippen LogP contribution in [0.1, 0.15) is 46.8 Å². The Morgan fingerprint density at radius 2 is 1.84 bits per heavy atom. The van der Waals surface area contributed by atoms with Gasteiger partial charge in [0.2, 0.25) is 22.6 Å². The van der Waals surface area contributed by atoms with Crippen LogP contribution in [0.25, 0.3) is 11.4 Å². The summed E-state index contributed by atoms with van der Waals surface area (Å²) in [6.45, 7) is 3.88. The van der Waals surface area contributed by atoms with Gasteiger partial charge in [0, 0.05) is 51.2 Å². The molecule has 1 saturated heterocycles. The van der Waals surface area contributed by atoms with Crippen LogP contribution in [0.5, 0.6) is 5.88 Å². The topological polar surface area (TPSA) is 133 Å². The van der Waals surface area contributed by atoms with Crippen LogP contribution in [0.15, 0.2) is 46.2 Å². The van der Waals surface area contributed by atoms with Crippen LogP contribution in [0.4, 0.5) is 30.4 Å². The fourth-order valence-corrected chi connectivity index (χ4v) is 7.03. The van der Waals surface area contributed by atoms with Gasteiger partial charge in [-0.2, -0.15) is 13.2 Å². The molecule has 4 aliphatic rings. The number of methoxy groups -OCH3 is 1. The Morgan fingerprint density at radius 3 is 2.45 bits per heavy atom. The Hall–Kier alpha value is -5.05. The molecule has 2 N–H and O–H groups in total. The number of pyridine rings is 1. The maximum absolute atomic E-state index is 14.5. The zero-order valence-corrected chi connectivity index (χ0v) is 29.4. The monoisotopic (exact) mass is 727 g/mol. The summed E-state index contributed by atoms with van der Waals surface area (Å²) >= 11 is 6.08. The lowest BCUT2D eigenvalue weighted by Crippen LogP contribution is -2.67. The highest BCUT2D eigenvalue weighted by molar-refractivity contribution is 6.33. The number of rotatable bonds is 8. The van der Waals surface area contributed by atoms with Crippen LogP contribution in [-0.4, -0.2) is 77.6 Å². The molecule has 16 heteroatoms. The first-order chi connectivity index (χ1) is 24.1. The summed E-state index contributed by atoms with van der Waals surface area (Å²) in [6.07, 6.45) is 0.452. The Balaban J connectivity index is 1.33. The smallest absolute Gasteiger partial charge is 0.416 e. The summed E-state index contributed by atoms with van der Waals surface area (Å²) in [5.74, 6) is -0.484. The number of benzene rings is 2. The van der Waals surface area contributed by atoms with Crippen molar-refractivity contribution in [2.75, 3.05) is 49.4 Å². The Bertz CT molecular complexity index is 2110. The Kier molecular flexibility index (Phi) is 9.53. The van der Waals surface area contributed by atoms with E-state index in [1.54, 1.807) is 41.6 Å². The first-order valence-electron chi connectivity index (χ1n) is 16.4. The number of aryl methyl sites for hydroxylation is 2. The molecule has 1 aromatic carbocycles. The number of alkyl halides is 3. The van der Waals surface area contributed by atoms with Gasteiger partial charge in [0.25, 0.3) is 5.91 Å². The van der Waals surface area contributed by atoms with Crippen molar-refractivity contribution in [1.29, 1.82) is 0 Å². The largest absolute Gasteiger partial charge is 0.482 e. The van der Waals surface area contributed by atoms with Gasteiger partial charge in [0.1, 0.15) is 23.6 Å². The minimum absolute atomic E-state index is 0.0145. The molecule has 2 fully saturated rings. The van der Waals surface area contributed by atoms with E-state index in [2.05, 4.69) is 15.3 Å². The molecule has 6 rings (SSSR count). The van der Waals surface area contributed by atoms with Crippen molar-refractivity contribution in [1.82, 2.24) is 19.4 Å². The Labute approximate surface area is 296 Å². The number of fused-ring (bicyclic) bond motifs is 2. The van der Waals surface area contributed by atoms with E-state index in [0.717, 1.165) is 30.2 Å². The molecule has 0 spiro atoms. The summed E-state index contributed by atoms with van der Waals surface area (Å²) in [5.41, 5.74) is 0.457. The third kappa shape index (κ3) is 6.50. The third-order valence-electron chi connectivity index (χ3n) is 9.60. The molecule has 1 saturated carbocycles. The fraction of sp³-hybridized carbons (Fsp3) is 0.400. The van der Waals surface area contributed by atoms with E-state index in [1.807, 2.05) is 17.9 Å². The molecular weight excluding hydrogens is 691 g/mol. The third-order valence-corrected chi connectivity index (χ3v) is 9.91. The van der Waals surface area contributed by atoms with Crippen molar-refractivity contribution in [3.8, 4) is 17.3 Å². The van der Waals surface area contributed by atoms with Crippen molar-refractivity contribution in [3.63, 3.8) is 0 Å². The first-order valence-corrected chi connectivity index (χ1v) is 16.8. The summed E-state index contributed by atoms with van der Waals surface area (Å²) in [5, 5.41) is 2.31. The van der Waals surface area contributed by atoms with Gasteiger partial charge in [-0.1, -0.05) is 18.5 Å². The molecule has 2 aliphatic heterocycles. The minimum atomic E-state index is -4.59. The number of ether oxygens (including phenoxy) is 1. The van der Waals surface area contributed by atoms with Gasteiger partial charge in [-0.25, -0.2) is 4.98 Å². The second-order valence-corrected chi connectivity index (χ2v) is 13.3. The van der Waals surface area contributed by atoms with Gasteiger partial charge in [-0.15, -0.1) is 0 Å². The molecule has 2 aromatic rings. The highest BCUT2D eigenvalue weighted by Crippen LogP contribution is 2.39. The van der Waals surface area contributed by atoms with E-state index < -0.39 is 29.0 Å². The summed E-state index contributed by atoms with van der Waals surface area (Å²) in [4.78, 5) is 67.5. The standard InChI is InChI=1S/C35H37ClF3N7O5/c1-6-19-13-25-29(42-26(43(3)4)16-44(25)17-27(47)41-22-8-7-20(14-21(22)36)35(37,38)39)32(49)30(19)45-11-12-46(24-10-9-23(24)45)34(50)28-31(48)18(2)15-40-33(28)51-5/h7-8,13-16,23-24H,6,9-12,17H2,1-5H3,(H,40,48)(H,41,47)/t23-,24-/m0/s1. The van der Waals surface area contributed by atoms with Crippen LogP contribution in [0, 0.1) is 6.92 Å². The lowest BCUT2D eigenvalue weighted by atomic mass is 9.80. The second-order valence-electron chi connectivity index (χ2n) is 12.9. The average molecular weight is 728 g/mol. The van der Waals surface area contributed by atoms with Crippen LogP contribution < -0.4 is 30.7 Å². The number of piperazine rings is 1. The van der Waals surface area contributed by atoms with Crippen molar-refractivity contribution in [2.24, 2.45) is 0 Å². The normalized spacial score (nSPS) is 17.2. The molecule has 2 amide bonds. The van der Waals surface area contributed by atoms with E-state index in [9.17, 15) is 32.3 Å². The predicted octanol–water partition coefficient (Wildman–Crippen LogP) is 4.79. The fourth-order valence-electron chi connectivity index (χ4n) is 6.80. The van der Waals surface area contributed by atoms with Crippen molar-refractivity contribution < 1.29 is 27.5 Å². The molecule has 0 bridgehead atoms. The predicted molar refractivity (Wildman–Crippen MR) is 187 cm³/mol. The molecule has 270 valence electrons. The molecular formula is C35H37ClF3N7O5. The summed E-state index contributed by atoms with van der Waals surface area (Å²) < 4.78 is 46.3. The number of anilines is 3. The van der Waals surface area contributed by atoms with Crippen LogP contribution in [0.2, 0.25) is 5.02 Å². The van der Waals surface area contributed by atoms with Crippen LogP contribution in [-0.2, 0) is 23.9 Å². The van der Waals surface area contributed by atoms with Gasteiger partial charge in [-0.05, 0) is 56.0 Å². The molecule has 0 radical (unpaired) electrons. The molecule has 2 aliphatic carbocycles. The van der Waals surface area contributed by atoms with E-state index >= 15 is 0 Å². The van der Waals surface area contributed by atoms with E-state index in [1.165, 1.54) is 13.3 Å². The SMILES string of the molecule is CCc1cc2n(CC(=O)Nc3ccc(C(F)(F)F)cc3Cl)cc(N(C)C)nc-2c(=O)c1N1CCN(C(=O)c2c(OC)[nH]cc(C)c2=O)[C@H]2CC[C@@H]21. The zero-order chi connectivity index (χ0) is 36.9. The average Bonchev–Trinajstić information content (AvgIpc) is 3.06. The van der Waals surface area contributed by atoms with Crippen molar-refractivity contribution >= 4 is 40.6 Å². The van der Waals surface area contributed by atoms with E-state index in [-0.39, 0.29) is 58.4 Å². The molecule has 2 atom stereocenters. The number of aromatic amines is 1. The number of H-pyrrole nitrogens is 1. The van der Waals surface area contributed by atoms with E-state index in [4.69, 9.17) is 16.3 Å². The molecule has 1 aromatic heterocycles. The second kappa shape index (κ2) is 13.6. The Morgan fingerprint density at radius 1 is 1.12 bits per heavy atom. The van der Waals surface area contributed by atoms with Gasteiger partial charge in [0.05, 0.1) is 40.8 Å². The number of halogens is 4. The quantitative estimate of drug-likeness (QED) is 0.265. The number of carbonyl (C=O) groups is 2. The van der Waals surface area contributed by atoms with Gasteiger partial charge in [0.15, 0.2) is 0 Å². The number of nitrogens with one attached hydrogen (secondary N) is 2. The molecule has 0 unspecified atom stereocenters. The van der Waals surface area contributed by atoms with Gasteiger partial charge < -0.3 is 34.3 Å². The minimum Gasteiger partial charge on any atom is -0.482 e. The summed E-state index contributed by atoms with van der Waals surface area (Å²) in [7, 11) is 4.88. The molecule has 51 heavy (non-hydrogen) atoms. The lowest BCUT2D eigenvalue weighted by molar-refractivity contribution is -0.137. The van der Waals surface area contributed by atoms with Crippen molar-refractivity contribution in [3.05, 3.63) is 84.4 Å². The lowest BCUT2D eigenvalue weighted by Gasteiger charge is -2.54. The van der Waals surface area contributed by atoms with Crippen LogP contribution >= 0.6 is 11.6 Å².